The van der Waals surface area contributed by atoms with Crippen molar-refractivity contribution in [2.24, 2.45) is 0 Å². The second-order valence-electron chi connectivity index (χ2n) is 13.0. The van der Waals surface area contributed by atoms with Gasteiger partial charge in [-0.1, -0.05) is 0 Å². The van der Waals surface area contributed by atoms with Crippen molar-refractivity contribution < 1.29 is 17.5 Å². The Kier molecular flexibility index (Phi) is 6.39. The topological polar surface area (TPSA) is 141 Å². The molecule has 4 fully saturated rings. The number of rotatable bonds is 5. The van der Waals surface area contributed by atoms with Crippen molar-refractivity contribution in [3.8, 4) is 17.3 Å². The molecule has 1 aromatic carbocycles. The zero-order valence-corrected chi connectivity index (χ0v) is 25.7. The summed E-state index contributed by atoms with van der Waals surface area (Å²) in [5.74, 6) is -0.0570. The highest BCUT2D eigenvalue weighted by Crippen LogP contribution is 2.41. The average Bonchev–Trinajstić information content (AvgIpc) is 3.77. The van der Waals surface area contributed by atoms with Crippen LogP contribution >= 0.6 is 0 Å². The van der Waals surface area contributed by atoms with Gasteiger partial charge in [-0.25, -0.2) is 9.11 Å². The predicted octanol–water partition coefficient (Wildman–Crippen LogP) is 3.11. The summed E-state index contributed by atoms with van der Waals surface area (Å²) in [7, 11) is -3.57. The molecule has 7 heterocycles. The molecular weight excluding hydrogens is 585 g/mol. The molecule has 3 N–H and O–H groups in total. The van der Waals surface area contributed by atoms with E-state index in [0.29, 0.717) is 42.9 Å². The maximum atomic E-state index is 16.8. The molecule has 4 aromatic rings. The minimum atomic E-state index is -3.57. The third kappa shape index (κ3) is 4.44. The molecule has 232 valence electrons. The molecule has 4 saturated heterocycles. The highest BCUT2D eigenvalue weighted by Gasteiger charge is 2.46. The number of fused-ring (bicyclic) bond motifs is 3. The molecule has 3 aromatic heterocycles. The van der Waals surface area contributed by atoms with Crippen molar-refractivity contribution in [1.82, 2.24) is 39.5 Å². The van der Waals surface area contributed by atoms with E-state index in [9.17, 15) is 8.42 Å². The lowest BCUT2D eigenvalue weighted by Crippen LogP contribution is -2.56. The van der Waals surface area contributed by atoms with Gasteiger partial charge in [0, 0.05) is 36.8 Å². The zero-order valence-electron chi connectivity index (χ0n) is 24.9. The van der Waals surface area contributed by atoms with E-state index in [1.165, 1.54) is 0 Å². The predicted molar refractivity (Wildman–Crippen MR) is 164 cm³/mol. The van der Waals surface area contributed by atoms with Gasteiger partial charge >= 0.3 is 6.01 Å². The maximum absolute atomic E-state index is 16.8. The number of aromatic amines is 1. The molecule has 12 nitrogen and oxygen atoms in total. The van der Waals surface area contributed by atoms with Crippen LogP contribution < -0.4 is 19.1 Å². The van der Waals surface area contributed by atoms with E-state index in [4.69, 9.17) is 9.72 Å². The minimum absolute atomic E-state index is 0.0328. The molecule has 1 spiro atoms. The molecule has 1 unspecified atom stereocenters. The van der Waals surface area contributed by atoms with E-state index < -0.39 is 21.6 Å². The molecule has 0 radical (unpaired) electrons. The number of aromatic nitrogens is 5. The van der Waals surface area contributed by atoms with Crippen molar-refractivity contribution in [1.29, 1.82) is 0 Å². The van der Waals surface area contributed by atoms with Crippen LogP contribution in [-0.2, 0) is 10.2 Å². The Morgan fingerprint density at radius 1 is 1.05 bits per heavy atom. The molecule has 1 atom stereocenters. The van der Waals surface area contributed by atoms with Gasteiger partial charge in [0.15, 0.2) is 5.82 Å². The van der Waals surface area contributed by atoms with Crippen LogP contribution in [0, 0.1) is 19.7 Å². The Morgan fingerprint density at radius 3 is 2.61 bits per heavy atom. The monoisotopic (exact) mass is 621 g/mol. The van der Waals surface area contributed by atoms with Crippen molar-refractivity contribution in [3.05, 3.63) is 35.4 Å². The van der Waals surface area contributed by atoms with Crippen molar-refractivity contribution in [3.63, 3.8) is 0 Å². The quantitative estimate of drug-likeness (QED) is 0.307. The number of halogens is 1. The van der Waals surface area contributed by atoms with Crippen molar-refractivity contribution >= 4 is 37.8 Å². The van der Waals surface area contributed by atoms with Gasteiger partial charge in [0.2, 0.25) is 0 Å². The van der Waals surface area contributed by atoms with Gasteiger partial charge < -0.3 is 9.64 Å². The SMILES string of the molecule is Cc1cc2[nH]ncc2c(-c2ncc3c(N4CCCC5(CNS(=O)(=O)N5)C4)nc(OCC45CCCN4CCC5)nc3c2F)c1C. The summed E-state index contributed by atoms with van der Waals surface area (Å²) < 4.78 is 53.2. The Bertz CT molecular complexity index is 1910. The van der Waals surface area contributed by atoms with E-state index in [1.807, 2.05) is 24.8 Å². The average molecular weight is 622 g/mol. The summed E-state index contributed by atoms with van der Waals surface area (Å²) in [5, 5.41) is 8.44. The van der Waals surface area contributed by atoms with Crippen LogP contribution in [0.5, 0.6) is 6.01 Å². The molecule has 0 saturated carbocycles. The lowest BCUT2D eigenvalue weighted by molar-refractivity contribution is 0.108. The fourth-order valence-corrected chi connectivity index (χ4v) is 9.27. The first-order valence-corrected chi connectivity index (χ1v) is 16.9. The standard InChI is InChI=1S/C30H36FN9O3S/c1-18-12-22-20(14-33-37-22)23(19(18)2)26-24(31)25-21(13-32-26)27(39-9-3-6-29(16-39)15-34-44(41,42)38-29)36-28(35-25)43-17-30-7-4-10-40(30)11-5-8-30/h12-14,34,38H,3-11,15-17H2,1-2H3,(H,33,37). The van der Waals surface area contributed by atoms with E-state index in [0.717, 1.165) is 67.2 Å². The van der Waals surface area contributed by atoms with E-state index in [1.54, 1.807) is 12.4 Å². The number of nitrogens with one attached hydrogen (secondary N) is 3. The summed E-state index contributed by atoms with van der Waals surface area (Å²) in [5.41, 5.74) is 2.99. The first-order valence-electron chi connectivity index (χ1n) is 15.4. The minimum Gasteiger partial charge on any atom is -0.461 e. The molecule has 0 amide bonds. The smallest absolute Gasteiger partial charge is 0.319 e. The lowest BCUT2D eigenvalue weighted by Gasteiger charge is -2.40. The zero-order chi connectivity index (χ0) is 30.3. The van der Waals surface area contributed by atoms with Gasteiger partial charge in [-0.15, -0.1) is 0 Å². The fraction of sp³-hybridized carbons (Fsp3) is 0.533. The number of piperidine rings is 1. The molecule has 8 rings (SSSR count). The molecule has 0 bridgehead atoms. The molecular formula is C30H36FN9O3S. The van der Waals surface area contributed by atoms with Gasteiger partial charge in [0.1, 0.15) is 23.6 Å². The van der Waals surface area contributed by atoms with Crippen LogP contribution in [0.25, 0.3) is 33.1 Å². The first-order chi connectivity index (χ1) is 21.2. The van der Waals surface area contributed by atoms with E-state index >= 15 is 4.39 Å². The Morgan fingerprint density at radius 2 is 1.84 bits per heavy atom. The Hall–Kier alpha value is -3.46. The van der Waals surface area contributed by atoms with Gasteiger partial charge in [0.25, 0.3) is 10.2 Å². The number of pyridine rings is 1. The second kappa shape index (κ2) is 10.0. The largest absolute Gasteiger partial charge is 0.461 e. The van der Waals surface area contributed by atoms with E-state index in [2.05, 4.69) is 34.5 Å². The van der Waals surface area contributed by atoms with Gasteiger partial charge in [0.05, 0.1) is 28.2 Å². The maximum Gasteiger partial charge on any atom is 0.319 e. The first kappa shape index (κ1) is 28.0. The number of hydrogen-bond donors (Lipinski definition) is 3. The van der Waals surface area contributed by atoms with Crippen LogP contribution in [-0.4, -0.2) is 88.9 Å². The fourth-order valence-electron chi connectivity index (χ4n) is 7.93. The normalized spacial score (nSPS) is 24.6. The molecule has 4 aliphatic heterocycles. The summed E-state index contributed by atoms with van der Waals surface area (Å²) in [6, 6.07) is 2.12. The van der Waals surface area contributed by atoms with Crippen LogP contribution in [0.1, 0.15) is 49.7 Å². The van der Waals surface area contributed by atoms with Crippen LogP contribution in [0.3, 0.4) is 0 Å². The second-order valence-corrected chi connectivity index (χ2v) is 14.5. The third-order valence-corrected chi connectivity index (χ3v) is 11.5. The Labute approximate surface area is 255 Å². The third-order valence-electron chi connectivity index (χ3n) is 10.3. The number of aryl methyl sites for hydroxylation is 1. The number of ether oxygens (including phenoxy) is 1. The number of benzene rings is 1. The van der Waals surface area contributed by atoms with Gasteiger partial charge in [-0.3, -0.25) is 15.0 Å². The number of H-pyrrole nitrogens is 1. The van der Waals surface area contributed by atoms with Gasteiger partial charge in [-0.2, -0.15) is 28.2 Å². The molecule has 44 heavy (non-hydrogen) atoms. The van der Waals surface area contributed by atoms with Crippen LogP contribution in [0.15, 0.2) is 18.5 Å². The number of anilines is 1. The summed E-state index contributed by atoms with van der Waals surface area (Å²) in [6.45, 7) is 7.79. The molecule has 0 aliphatic carbocycles. The number of nitrogens with zero attached hydrogens (tertiary/aromatic N) is 6. The van der Waals surface area contributed by atoms with Crippen molar-refractivity contribution in [2.45, 2.75) is 63.5 Å². The summed E-state index contributed by atoms with van der Waals surface area (Å²) in [6.07, 6.45) is 9.14. The lowest BCUT2D eigenvalue weighted by atomic mass is 9.90. The van der Waals surface area contributed by atoms with Gasteiger partial charge in [-0.05, 0) is 82.7 Å². The highest BCUT2D eigenvalue weighted by molar-refractivity contribution is 7.87. The summed E-state index contributed by atoms with van der Waals surface area (Å²) in [4.78, 5) is 18.7. The molecule has 4 aliphatic rings. The molecule has 14 heteroatoms. The highest BCUT2D eigenvalue weighted by atomic mass is 32.2. The Balaban J connectivity index is 1.25. The van der Waals surface area contributed by atoms with Crippen molar-refractivity contribution in [2.75, 3.05) is 44.2 Å². The number of hydrogen-bond acceptors (Lipinski definition) is 9. The summed E-state index contributed by atoms with van der Waals surface area (Å²) >= 11 is 0. The van der Waals surface area contributed by atoms with Crippen LogP contribution in [0.2, 0.25) is 0 Å². The van der Waals surface area contributed by atoms with E-state index in [-0.39, 0.29) is 29.3 Å². The van der Waals surface area contributed by atoms with Crippen LogP contribution in [0.4, 0.5) is 10.2 Å².